The average Bonchev–Trinajstić information content (AvgIpc) is 2.44. The van der Waals surface area contributed by atoms with Crippen LogP contribution in [0.5, 0.6) is 0 Å². The molecule has 4 heteroatoms. The van der Waals surface area contributed by atoms with E-state index < -0.39 is 0 Å². The van der Waals surface area contributed by atoms with Gasteiger partial charge in [-0.05, 0) is 30.4 Å². The summed E-state index contributed by atoms with van der Waals surface area (Å²) in [6.07, 6.45) is 6.37. The predicted octanol–water partition coefficient (Wildman–Crippen LogP) is 1.75. The zero-order valence-corrected chi connectivity index (χ0v) is 11.0. The minimum absolute atomic E-state index is 0.0682. The first-order valence-electron chi connectivity index (χ1n) is 6.59. The third kappa shape index (κ3) is 2.38. The van der Waals surface area contributed by atoms with Crippen molar-refractivity contribution < 1.29 is 0 Å². The molecule has 98 valence electrons. The molecule has 0 amide bonds. The van der Waals surface area contributed by atoms with Crippen molar-refractivity contribution in [1.82, 2.24) is 9.55 Å². The maximum atomic E-state index is 11.9. The second kappa shape index (κ2) is 4.88. The number of nitrogens with one attached hydrogen (secondary N) is 1. The molecule has 1 N–H and O–H groups in total. The van der Waals surface area contributed by atoms with E-state index in [2.05, 4.69) is 34.6 Å². The van der Waals surface area contributed by atoms with Crippen LogP contribution in [-0.2, 0) is 19.9 Å². The highest BCUT2D eigenvalue weighted by Gasteiger charge is 2.19. The summed E-state index contributed by atoms with van der Waals surface area (Å²) in [5.74, 6) is 0.453. The van der Waals surface area contributed by atoms with E-state index in [0.29, 0.717) is 5.82 Å². The molecule has 1 aliphatic rings. The predicted molar refractivity (Wildman–Crippen MR) is 75.4 cm³/mol. The summed E-state index contributed by atoms with van der Waals surface area (Å²) in [4.78, 5) is 16.1. The Bertz CT molecular complexity index is 648. The van der Waals surface area contributed by atoms with E-state index in [9.17, 15) is 4.79 Å². The Labute approximate surface area is 112 Å². The number of aryl methyl sites for hydroxylation is 2. The fourth-order valence-corrected chi connectivity index (χ4v) is 2.61. The molecular formula is C15H17N3O. The normalized spacial score (nSPS) is 17.8. The van der Waals surface area contributed by atoms with Crippen LogP contribution in [0.3, 0.4) is 0 Å². The molecule has 1 aromatic carbocycles. The number of hydrogen-bond acceptors (Lipinski definition) is 3. The number of aromatic nitrogens is 2. The first-order chi connectivity index (χ1) is 9.24. The van der Waals surface area contributed by atoms with Crippen LogP contribution in [0.4, 0.5) is 5.82 Å². The highest BCUT2D eigenvalue weighted by Crippen LogP contribution is 2.22. The smallest absolute Gasteiger partial charge is 0.293 e. The number of hydrogen-bond donors (Lipinski definition) is 1. The topological polar surface area (TPSA) is 46.9 Å². The Kier molecular flexibility index (Phi) is 3.07. The lowest BCUT2D eigenvalue weighted by atomic mass is 9.88. The Morgan fingerprint density at radius 1 is 1.32 bits per heavy atom. The van der Waals surface area contributed by atoms with Gasteiger partial charge in [0.1, 0.15) is 0 Å². The van der Waals surface area contributed by atoms with Gasteiger partial charge in [-0.25, -0.2) is 4.98 Å². The Balaban J connectivity index is 1.79. The van der Waals surface area contributed by atoms with Gasteiger partial charge in [0.15, 0.2) is 5.82 Å². The lowest BCUT2D eigenvalue weighted by molar-refractivity contribution is 0.606. The van der Waals surface area contributed by atoms with E-state index in [1.54, 1.807) is 24.0 Å². The summed E-state index contributed by atoms with van der Waals surface area (Å²) >= 11 is 0. The maximum absolute atomic E-state index is 11.9. The van der Waals surface area contributed by atoms with Crippen LogP contribution in [-0.4, -0.2) is 15.6 Å². The standard InChI is InChI=1S/C15H17N3O/c1-18-9-8-16-14(15(18)19)17-13-7-6-11-4-2-3-5-12(11)10-13/h2-5,8-9,13H,6-7,10H2,1H3,(H,16,17). The van der Waals surface area contributed by atoms with Gasteiger partial charge >= 0.3 is 0 Å². The lowest BCUT2D eigenvalue weighted by Crippen LogP contribution is -2.32. The van der Waals surface area contributed by atoms with Gasteiger partial charge in [0.25, 0.3) is 5.56 Å². The van der Waals surface area contributed by atoms with Crippen molar-refractivity contribution in [2.75, 3.05) is 5.32 Å². The zero-order valence-electron chi connectivity index (χ0n) is 11.0. The summed E-state index contributed by atoms with van der Waals surface area (Å²) in [6, 6.07) is 8.80. The first kappa shape index (κ1) is 12.0. The second-order valence-electron chi connectivity index (χ2n) is 5.04. The van der Waals surface area contributed by atoms with Crippen LogP contribution in [0.2, 0.25) is 0 Å². The minimum Gasteiger partial charge on any atom is -0.362 e. The molecule has 1 aliphatic carbocycles. The van der Waals surface area contributed by atoms with E-state index in [0.717, 1.165) is 19.3 Å². The van der Waals surface area contributed by atoms with E-state index in [-0.39, 0.29) is 11.6 Å². The summed E-state index contributed by atoms with van der Waals surface area (Å²) in [5.41, 5.74) is 2.73. The molecule has 1 aromatic heterocycles. The molecule has 0 bridgehead atoms. The Morgan fingerprint density at radius 2 is 2.11 bits per heavy atom. The molecule has 19 heavy (non-hydrogen) atoms. The molecule has 0 aliphatic heterocycles. The monoisotopic (exact) mass is 255 g/mol. The summed E-state index contributed by atoms with van der Waals surface area (Å²) in [6.45, 7) is 0. The highest BCUT2D eigenvalue weighted by atomic mass is 16.1. The van der Waals surface area contributed by atoms with Crippen molar-refractivity contribution in [2.24, 2.45) is 7.05 Å². The molecule has 1 heterocycles. The zero-order chi connectivity index (χ0) is 13.2. The van der Waals surface area contributed by atoms with Crippen LogP contribution in [0.1, 0.15) is 17.5 Å². The molecule has 3 rings (SSSR count). The van der Waals surface area contributed by atoms with Crippen molar-refractivity contribution in [3.8, 4) is 0 Å². The number of rotatable bonds is 2. The first-order valence-corrected chi connectivity index (χ1v) is 6.59. The minimum atomic E-state index is -0.0682. The van der Waals surface area contributed by atoms with E-state index >= 15 is 0 Å². The molecule has 0 spiro atoms. The number of nitrogens with zero attached hydrogens (tertiary/aromatic N) is 2. The molecule has 4 nitrogen and oxygen atoms in total. The lowest BCUT2D eigenvalue weighted by Gasteiger charge is -2.25. The molecule has 0 saturated carbocycles. The summed E-state index contributed by atoms with van der Waals surface area (Å²) < 4.78 is 1.55. The molecule has 2 aromatic rings. The van der Waals surface area contributed by atoms with Crippen LogP contribution >= 0.6 is 0 Å². The highest BCUT2D eigenvalue weighted by molar-refractivity contribution is 5.37. The maximum Gasteiger partial charge on any atom is 0.293 e. The van der Waals surface area contributed by atoms with Gasteiger partial charge in [-0.3, -0.25) is 4.79 Å². The van der Waals surface area contributed by atoms with E-state index in [1.165, 1.54) is 11.1 Å². The van der Waals surface area contributed by atoms with Crippen LogP contribution < -0.4 is 10.9 Å². The number of anilines is 1. The quantitative estimate of drug-likeness (QED) is 0.889. The second-order valence-corrected chi connectivity index (χ2v) is 5.04. The van der Waals surface area contributed by atoms with Gasteiger partial charge in [0, 0.05) is 25.5 Å². The molecule has 0 saturated heterocycles. The molecule has 0 fully saturated rings. The summed E-state index contributed by atoms with van der Waals surface area (Å²) in [7, 11) is 1.74. The number of benzene rings is 1. The van der Waals surface area contributed by atoms with Crippen molar-refractivity contribution in [1.29, 1.82) is 0 Å². The van der Waals surface area contributed by atoms with Crippen molar-refractivity contribution in [2.45, 2.75) is 25.3 Å². The van der Waals surface area contributed by atoms with Crippen molar-refractivity contribution >= 4 is 5.82 Å². The molecular weight excluding hydrogens is 238 g/mol. The van der Waals surface area contributed by atoms with E-state index in [4.69, 9.17) is 0 Å². The SMILES string of the molecule is Cn1ccnc(NC2CCc3ccccc3C2)c1=O. The molecule has 1 unspecified atom stereocenters. The largest absolute Gasteiger partial charge is 0.362 e. The average molecular weight is 255 g/mol. The molecule has 1 atom stereocenters. The van der Waals surface area contributed by atoms with Crippen LogP contribution in [0.15, 0.2) is 41.5 Å². The fourth-order valence-electron chi connectivity index (χ4n) is 2.61. The molecule has 0 radical (unpaired) electrons. The van der Waals surface area contributed by atoms with Crippen LogP contribution in [0.25, 0.3) is 0 Å². The van der Waals surface area contributed by atoms with Crippen molar-refractivity contribution in [3.63, 3.8) is 0 Å². The number of fused-ring (bicyclic) bond motifs is 1. The van der Waals surface area contributed by atoms with Gasteiger partial charge in [0.05, 0.1) is 0 Å². The van der Waals surface area contributed by atoms with Gasteiger partial charge in [-0.15, -0.1) is 0 Å². The van der Waals surface area contributed by atoms with E-state index in [1.807, 2.05) is 0 Å². The van der Waals surface area contributed by atoms with Gasteiger partial charge in [-0.1, -0.05) is 24.3 Å². The fraction of sp³-hybridized carbons (Fsp3) is 0.333. The Morgan fingerprint density at radius 3 is 2.95 bits per heavy atom. The van der Waals surface area contributed by atoms with Crippen LogP contribution in [0, 0.1) is 0 Å². The van der Waals surface area contributed by atoms with Crippen molar-refractivity contribution in [3.05, 3.63) is 58.1 Å². The van der Waals surface area contributed by atoms with Gasteiger partial charge < -0.3 is 9.88 Å². The third-order valence-corrected chi connectivity index (χ3v) is 3.70. The van der Waals surface area contributed by atoms with Gasteiger partial charge in [0.2, 0.25) is 0 Å². The summed E-state index contributed by atoms with van der Waals surface area (Å²) in [5, 5.41) is 3.29. The third-order valence-electron chi connectivity index (χ3n) is 3.70. The van der Waals surface area contributed by atoms with Gasteiger partial charge in [-0.2, -0.15) is 0 Å². The Hall–Kier alpha value is -2.10.